The van der Waals surface area contributed by atoms with Crippen LogP contribution in [0.25, 0.3) is 5.69 Å². The van der Waals surface area contributed by atoms with Crippen LogP contribution in [0.4, 0.5) is 0 Å². The Kier molecular flexibility index (Phi) is 5.80. The van der Waals surface area contributed by atoms with Crippen molar-refractivity contribution in [3.63, 3.8) is 0 Å². The average molecular weight is 415 g/mol. The van der Waals surface area contributed by atoms with Gasteiger partial charge in [0.25, 0.3) is 5.91 Å². The highest BCUT2D eigenvalue weighted by atomic mass is 35.5. The lowest BCUT2D eigenvalue weighted by atomic mass is 9.91. The summed E-state index contributed by atoms with van der Waals surface area (Å²) in [6.45, 7) is 4.41. The van der Waals surface area contributed by atoms with Crippen LogP contribution in [0.1, 0.15) is 45.3 Å². The summed E-state index contributed by atoms with van der Waals surface area (Å²) in [6, 6.07) is 9.83. The molecule has 1 saturated heterocycles. The molecule has 28 heavy (non-hydrogen) atoms. The minimum absolute atomic E-state index is 0.0761. The Bertz CT molecular complexity index is 961. The lowest BCUT2D eigenvalue weighted by molar-refractivity contribution is 0.0949. The Morgan fingerprint density at radius 1 is 1.32 bits per heavy atom. The number of hydrogen-bond acceptors (Lipinski definition) is 4. The van der Waals surface area contributed by atoms with E-state index in [-0.39, 0.29) is 11.8 Å². The maximum Gasteiger partial charge on any atom is 0.255 e. The molecular formula is C21H23ClN4OS. The maximum absolute atomic E-state index is 13.0. The Morgan fingerprint density at radius 2 is 2.14 bits per heavy atom. The van der Waals surface area contributed by atoms with E-state index in [0.29, 0.717) is 17.1 Å². The number of rotatable bonds is 5. The van der Waals surface area contributed by atoms with Gasteiger partial charge in [-0.15, -0.1) is 11.3 Å². The molecule has 5 nitrogen and oxygen atoms in total. The van der Waals surface area contributed by atoms with E-state index in [1.54, 1.807) is 17.5 Å². The fourth-order valence-corrected chi connectivity index (χ4v) is 4.53. The molecule has 0 unspecified atom stereocenters. The number of hydrogen-bond donors (Lipinski definition) is 2. The summed E-state index contributed by atoms with van der Waals surface area (Å²) >= 11 is 7.99. The van der Waals surface area contributed by atoms with Crippen molar-refractivity contribution in [2.75, 3.05) is 13.1 Å². The van der Waals surface area contributed by atoms with Gasteiger partial charge in [0.05, 0.1) is 29.7 Å². The van der Waals surface area contributed by atoms with Crippen LogP contribution in [-0.4, -0.2) is 28.8 Å². The van der Waals surface area contributed by atoms with E-state index in [4.69, 9.17) is 11.6 Å². The van der Waals surface area contributed by atoms with Crippen LogP contribution >= 0.6 is 22.9 Å². The number of amides is 1. The monoisotopic (exact) mass is 414 g/mol. The zero-order valence-corrected chi connectivity index (χ0v) is 17.3. The molecule has 146 valence electrons. The summed E-state index contributed by atoms with van der Waals surface area (Å²) < 4.78 is 1.91. The molecule has 0 spiro atoms. The Balaban J connectivity index is 1.70. The molecule has 1 amide bonds. The molecule has 7 heteroatoms. The molecule has 0 atom stereocenters. The number of benzene rings is 1. The lowest BCUT2D eigenvalue weighted by Crippen LogP contribution is -2.30. The number of thiophene rings is 1. The molecule has 2 N–H and O–H groups in total. The van der Waals surface area contributed by atoms with Gasteiger partial charge in [0, 0.05) is 15.8 Å². The number of carbonyl (C=O) groups excluding carboxylic acids is 1. The number of carbonyl (C=O) groups is 1. The van der Waals surface area contributed by atoms with E-state index in [9.17, 15) is 4.79 Å². The highest BCUT2D eigenvalue weighted by Crippen LogP contribution is 2.32. The van der Waals surface area contributed by atoms with E-state index in [2.05, 4.69) is 15.7 Å². The van der Waals surface area contributed by atoms with Crippen molar-refractivity contribution in [3.05, 3.63) is 68.6 Å². The Morgan fingerprint density at radius 3 is 2.89 bits per heavy atom. The predicted octanol–water partition coefficient (Wildman–Crippen LogP) is 4.29. The summed E-state index contributed by atoms with van der Waals surface area (Å²) in [5.74, 6) is 0.206. The maximum atomic E-state index is 13.0. The quantitative estimate of drug-likeness (QED) is 0.654. The second kappa shape index (κ2) is 8.47. The van der Waals surface area contributed by atoms with Crippen LogP contribution in [0.15, 0.2) is 41.9 Å². The van der Waals surface area contributed by atoms with Crippen molar-refractivity contribution in [1.82, 2.24) is 20.4 Å². The number of halogens is 1. The minimum Gasteiger partial charge on any atom is -0.347 e. The smallest absolute Gasteiger partial charge is 0.255 e. The first-order chi connectivity index (χ1) is 13.6. The van der Waals surface area contributed by atoms with Gasteiger partial charge in [0.1, 0.15) is 0 Å². The number of piperidine rings is 1. The first kappa shape index (κ1) is 19.2. The molecule has 4 rings (SSSR count). The van der Waals surface area contributed by atoms with Gasteiger partial charge < -0.3 is 10.6 Å². The SMILES string of the molecule is Cc1c(Cl)cccc1-n1ncc(C(=O)NCc2cccs2)c1C1CCNCC1. The zero-order chi connectivity index (χ0) is 19.5. The van der Waals surface area contributed by atoms with Crippen LogP contribution in [0, 0.1) is 6.92 Å². The van der Waals surface area contributed by atoms with Crippen molar-refractivity contribution in [2.24, 2.45) is 0 Å². The highest BCUT2D eigenvalue weighted by molar-refractivity contribution is 7.09. The van der Waals surface area contributed by atoms with Gasteiger partial charge in [0.15, 0.2) is 0 Å². The summed E-state index contributed by atoms with van der Waals surface area (Å²) in [4.78, 5) is 14.1. The predicted molar refractivity (Wildman–Crippen MR) is 114 cm³/mol. The third kappa shape index (κ3) is 3.85. The summed E-state index contributed by atoms with van der Waals surface area (Å²) in [7, 11) is 0. The van der Waals surface area contributed by atoms with Crippen LogP contribution in [-0.2, 0) is 6.54 Å². The molecule has 0 saturated carbocycles. The van der Waals surface area contributed by atoms with E-state index in [1.165, 1.54) is 0 Å². The van der Waals surface area contributed by atoms with E-state index >= 15 is 0 Å². The van der Waals surface area contributed by atoms with Crippen LogP contribution < -0.4 is 10.6 Å². The second-order valence-corrected chi connectivity index (χ2v) is 8.47. The van der Waals surface area contributed by atoms with Gasteiger partial charge in [-0.3, -0.25) is 4.79 Å². The number of nitrogens with zero attached hydrogens (tertiary/aromatic N) is 2. The third-order valence-corrected chi connectivity index (χ3v) is 6.53. The Hall–Kier alpha value is -2.15. The number of aromatic nitrogens is 2. The first-order valence-electron chi connectivity index (χ1n) is 9.50. The third-order valence-electron chi connectivity index (χ3n) is 5.25. The summed E-state index contributed by atoms with van der Waals surface area (Å²) in [5, 5.41) is 13.8. The van der Waals surface area contributed by atoms with Gasteiger partial charge in [-0.05, 0) is 62.0 Å². The van der Waals surface area contributed by atoms with E-state index in [1.807, 2.05) is 47.3 Å². The highest BCUT2D eigenvalue weighted by Gasteiger charge is 2.27. The summed E-state index contributed by atoms with van der Waals surface area (Å²) in [6.07, 6.45) is 3.66. The van der Waals surface area contributed by atoms with Gasteiger partial charge in [-0.25, -0.2) is 4.68 Å². The molecule has 1 aliphatic heterocycles. The Labute approximate surface area is 173 Å². The lowest BCUT2D eigenvalue weighted by Gasteiger charge is -2.25. The van der Waals surface area contributed by atoms with Crippen molar-refractivity contribution in [2.45, 2.75) is 32.2 Å². The molecule has 0 bridgehead atoms. The molecule has 0 aliphatic carbocycles. The molecule has 1 aromatic carbocycles. The van der Waals surface area contributed by atoms with Crippen LogP contribution in [0.3, 0.4) is 0 Å². The minimum atomic E-state index is -0.0761. The average Bonchev–Trinajstić information content (AvgIpc) is 3.39. The molecule has 1 aliphatic rings. The molecule has 1 fully saturated rings. The van der Waals surface area contributed by atoms with Crippen molar-refractivity contribution < 1.29 is 4.79 Å². The van der Waals surface area contributed by atoms with Crippen LogP contribution in [0.5, 0.6) is 0 Å². The fraction of sp³-hybridized carbons (Fsp3) is 0.333. The summed E-state index contributed by atoms with van der Waals surface area (Å²) in [5.41, 5.74) is 3.53. The molecular weight excluding hydrogens is 392 g/mol. The first-order valence-corrected chi connectivity index (χ1v) is 10.8. The van der Waals surface area contributed by atoms with Gasteiger partial charge in [-0.1, -0.05) is 23.7 Å². The van der Waals surface area contributed by atoms with Gasteiger partial charge >= 0.3 is 0 Å². The van der Waals surface area contributed by atoms with Crippen molar-refractivity contribution in [1.29, 1.82) is 0 Å². The fourth-order valence-electron chi connectivity index (χ4n) is 3.71. The van der Waals surface area contributed by atoms with Crippen molar-refractivity contribution >= 4 is 28.8 Å². The van der Waals surface area contributed by atoms with Gasteiger partial charge in [-0.2, -0.15) is 5.10 Å². The van der Waals surface area contributed by atoms with Gasteiger partial charge in [0.2, 0.25) is 0 Å². The van der Waals surface area contributed by atoms with E-state index in [0.717, 1.165) is 47.8 Å². The molecule has 2 aromatic heterocycles. The largest absolute Gasteiger partial charge is 0.347 e. The second-order valence-electron chi connectivity index (χ2n) is 7.03. The van der Waals surface area contributed by atoms with E-state index < -0.39 is 0 Å². The topological polar surface area (TPSA) is 59.0 Å². The molecule has 3 heterocycles. The number of nitrogens with one attached hydrogen (secondary N) is 2. The molecule has 0 radical (unpaired) electrons. The standard InChI is InChI=1S/C21H23ClN4OS/c1-14-18(22)5-2-6-19(14)26-20(15-7-9-23-10-8-15)17(13-25-26)21(27)24-12-16-4-3-11-28-16/h2-6,11,13,15,23H,7-10,12H2,1H3,(H,24,27). The van der Waals surface area contributed by atoms with Crippen molar-refractivity contribution in [3.8, 4) is 5.69 Å². The zero-order valence-electron chi connectivity index (χ0n) is 15.7. The normalized spacial score (nSPS) is 14.9. The molecule has 3 aromatic rings. The van der Waals surface area contributed by atoms with Crippen LogP contribution in [0.2, 0.25) is 5.02 Å².